The summed E-state index contributed by atoms with van der Waals surface area (Å²) in [5, 5.41) is 15.8. The van der Waals surface area contributed by atoms with E-state index in [0.717, 1.165) is 12.0 Å². The molecule has 0 radical (unpaired) electrons. The number of aliphatic carboxylic acids is 1. The molecule has 0 saturated heterocycles. The lowest BCUT2D eigenvalue weighted by molar-refractivity contribution is -0.137. The largest absolute Gasteiger partial charge is 0.481 e. The minimum absolute atomic E-state index is 0.0233. The number of hydrogen-bond donors (Lipinski definition) is 3. The second-order valence-electron chi connectivity index (χ2n) is 5.20. The Labute approximate surface area is 141 Å². The number of thiocarbonyl (C=S) groups is 1. The minimum Gasteiger partial charge on any atom is -0.481 e. The van der Waals surface area contributed by atoms with E-state index >= 15 is 0 Å². The number of carboxylic acids is 1. The van der Waals surface area contributed by atoms with E-state index in [0.29, 0.717) is 11.7 Å². The van der Waals surface area contributed by atoms with Crippen LogP contribution in [0, 0.1) is 0 Å². The van der Waals surface area contributed by atoms with Gasteiger partial charge in [-0.05, 0) is 29.8 Å². The van der Waals surface area contributed by atoms with Gasteiger partial charge in [0.1, 0.15) is 0 Å². The smallest absolute Gasteiger partial charge is 0.305 e. The Kier molecular flexibility index (Phi) is 6.56. The maximum Gasteiger partial charge on any atom is 0.305 e. The monoisotopic (exact) mass is 328 g/mol. The third kappa shape index (κ3) is 6.08. The molecular weight excluding hydrogens is 308 g/mol. The molecule has 2 aromatic carbocycles. The first-order chi connectivity index (χ1) is 11.1. The third-order valence-electron chi connectivity index (χ3n) is 3.43. The van der Waals surface area contributed by atoms with Crippen LogP contribution in [0.5, 0.6) is 0 Å². The maximum atomic E-state index is 11.1. The van der Waals surface area contributed by atoms with Gasteiger partial charge in [-0.3, -0.25) is 4.79 Å². The Bertz CT molecular complexity index is 632. The van der Waals surface area contributed by atoms with Crippen molar-refractivity contribution in [3.05, 3.63) is 71.8 Å². The van der Waals surface area contributed by atoms with Crippen LogP contribution < -0.4 is 10.6 Å². The Hall–Kier alpha value is -2.40. The molecule has 0 aliphatic carbocycles. The molecule has 0 aromatic heterocycles. The Balaban J connectivity index is 1.86. The van der Waals surface area contributed by atoms with E-state index in [2.05, 4.69) is 22.8 Å². The van der Waals surface area contributed by atoms with E-state index in [1.54, 1.807) is 0 Å². The second-order valence-corrected chi connectivity index (χ2v) is 5.61. The summed E-state index contributed by atoms with van der Waals surface area (Å²) in [6, 6.07) is 19.2. The summed E-state index contributed by atoms with van der Waals surface area (Å²) >= 11 is 5.28. The predicted octanol–water partition coefficient (Wildman–Crippen LogP) is 2.91. The van der Waals surface area contributed by atoms with Crippen LogP contribution in [0.2, 0.25) is 0 Å². The average molecular weight is 328 g/mol. The molecule has 0 bridgehead atoms. The second kappa shape index (κ2) is 8.90. The van der Waals surface area contributed by atoms with Crippen molar-refractivity contribution in [3.63, 3.8) is 0 Å². The summed E-state index contributed by atoms with van der Waals surface area (Å²) in [5.74, 6) is -0.863. The molecule has 0 spiro atoms. The van der Waals surface area contributed by atoms with E-state index in [1.165, 1.54) is 5.56 Å². The summed E-state index contributed by atoms with van der Waals surface area (Å²) in [4.78, 5) is 11.1. The van der Waals surface area contributed by atoms with Crippen LogP contribution >= 0.6 is 12.2 Å². The summed E-state index contributed by atoms with van der Waals surface area (Å²) in [6.45, 7) is 0.699. The Morgan fingerprint density at radius 2 is 1.65 bits per heavy atom. The quantitative estimate of drug-likeness (QED) is 0.682. The summed E-state index contributed by atoms with van der Waals surface area (Å²) in [5.41, 5.74) is 2.13. The van der Waals surface area contributed by atoms with Crippen LogP contribution in [-0.2, 0) is 11.2 Å². The lowest BCUT2D eigenvalue weighted by atomic mass is 10.0. The number of carbonyl (C=O) groups is 1. The zero-order chi connectivity index (χ0) is 16.5. The molecular formula is C18H20N2O2S. The van der Waals surface area contributed by atoms with Crippen LogP contribution in [0.15, 0.2) is 60.7 Å². The van der Waals surface area contributed by atoms with Crippen LogP contribution in [0.25, 0.3) is 0 Å². The average Bonchev–Trinajstić information content (AvgIpc) is 2.56. The van der Waals surface area contributed by atoms with Gasteiger partial charge in [0.2, 0.25) is 0 Å². The molecule has 0 heterocycles. The zero-order valence-corrected chi connectivity index (χ0v) is 13.6. The number of rotatable bonds is 7. The van der Waals surface area contributed by atoms with E-state index in [9.17, 15) is 4.79 Å². The van der Waals surface area contributed by atoms with Gasteiger partial charge < -0.3 is 15.7 Å². The first kappa shape index (κ1) is 17.0. The molecule has 120 valence electrons. The Morgan fingerprint density at radius 1 is 1.04 bits per heavy atom. The van der Waals surface area contributed by atoms with E-state index in [4.69, 9.17) is 17.3 Å². The molecule has 4 nitrogen and oxygen atoms in total. The van der Waals surface area contributed by atoms with E-state index < -0.39 is 5.97 Å². The molecule has 0 aliphatic rings. The molecule has 1 unspecified atom stereocenters. The van der Waals surface area contributed by atoms with Crippen LogP contribution in [-0.4, -0.2) is 22.7 Å². The first-order valence-corrected chi connectivity index (χ1v) is 7.91. The molecule has 1 atom stereocenters. The van der Waals surface area contributed by atoms with Gasteiger partial charge in [-0.2, -0.15) is 0 Å². The highest BCUT2D eigenvalue weighted by atomic mass is 32.1. The SMILES string of the molecule is O=C(O)CC(NC(=S)NCCc1ccccc1)c1ccccc1. The van der Waals surface area contributed by atoms with Crippen molar-refractivity contribution < 1.29 is 9.90 Å². The van der Waals surface area contributed by atoms with Crippen molar-refractivity contribution in [3.8, 4) is 0 Å². The van der Waals surface area contributed by atoms with Crippen molar-refractivity contribution >= 4 is 23.3 Å². The summed E-state index contributed by atoms with van der Waals surface area (Å²) in [6.07, 6.45) is 0.835. The fourth-order valence-electron chi connectivity index (χ4n) is 2.29. The van der Waals surface area contributed by atoms with E-state index in [-0.39, 0.29) is 12.5 Å². The third-order valence-corrected chi connectivity index (χ3v) is 3.69. The zero-order valence-electron chi connectivity index (χ0n) is 12.7. The molecule has 0 fully saturated rings. The normalized spacial score (nSPS) is 11.5. The highest BCUT2D eigenvalue weighted by Crippen LogP contribution is 2.16. The number of benzene rings is 2. The van der Waals surface area contributed by atoms with Gasteiger partial charge in [0.25, 0.3) is 0 Å². The maximum absolute atomic E-state index is 11.1. The molecule has 0 saturated carbocycles. The number of carboxylic acid groups (broad SMARTS) is 1. The predicted molar refractivity (Wildman–Crippen MR) is 95.3 cm³/mol. The molecule has 23 heavy (non-hydrogen) atoms. The highest BCUT2D eigenvalue weighted by molar-refractivity contribution is 7.80. The van der Waals surface area contributed by atoms with Crippen LogP contribution in [0.1, 0.15) is 23.6 Å². The molecule has 3 N–H and O–H groups in total. The standard InChI is InChI=1S/C18H20N2O2S/c21-17(22)13-16(15-9-5-2-6-10-15)20-18(23)19-12-11-14-7-3-1-4-8-14/h1-10,16H,11-13H2,(H,21,22)(H2,19,20,23). The van der Waals surface area contributed by atoms with E-state index in [1.807, 2.05) is 48.5 Å². The van der Waals surface area contributed by atoms with Gasteiger partial charge in [0.15, 0.2) is 5.11 Å². The summed E-state index contributed by atoms with van der Waals surface area (Å²) < 4.78 is 0. The van der Waals surface area contributed by atoms with Crippen molar-refractivity contribution in [1.82, 2.24) is 10.6 Å². The van der Waals surface area contributed by atoms with Crippen molar-refractivity contribution in [2.75, 3.05) is 6.54 Å². The molecule has 0 amide bonds. The Morgan fingerprint density at radius 3 is 2.26 bits per heavy atom. The molecule has 5 heteroatoms. The fourth-order valence-corrected chi connectivity index (χ4v) is 2.53. The van der Waals surface area contributed by atoms with Crippen molar-refractivity contribution in [1.29, 1.82) is 0 Å². The molecule has 0 aliphatic heterocycles. The fraction of sp³-hybridized carbons (Fsp3) is 0.222. The van der Waals surface area contributed by atoms with Crippen LogP contribution in [0.4, 0.5) is 0 Å². The lowest BCUT2D eigenvalue weighted by Crippen LogP contribution is -2.39. The number of nitrogens with one attached hydrogen (secondary N) is 2. The van der Waals surface area contributed by atoms with Gasteiger partial charge in [-0.25, -0.2) is 0 Å². The van der Waals surface area contributed by atoms with Gasteiger partial charge in [0, 0.05) is 6.54 Å². The van der Waals surface area contributed by atoms with Gasteiger partial charge in [-0.1, -0.05) is 60.7 Å². The van der Waals surface area contributed by atoms with Crippen LogP contribution in [0.3, 0.4) is 0 Å². The lowest BCUT2D eigenvalue weighted by Gasteiger charge is -2.20. The van der Waals surface area contributed by atoms with Gasteiger partial charge >= 0.3 is 5.97 Å². The van der Waals surface area contributed by atoms with Gasteiger partial charge in [0.05, 0.1) is 12.5 Å². The van der Waals surface area contributed by atoms with Crippen molar-refractivity contribution in [2.45, 2.75) is 18.9 Å². The van der Waals surface area contributed by atoms with Crippen molar-refractivity contribution in [2.24, 2.45) is 0 Å². The molecule has 2 rings (SSSR count). The minimum atomic E-state index is -0.863. The first-order valence-electron chi connectivity index (χ1n) is 7.50. The highest BCUT2D eigenvalue weighted by Gasteiger charge is 2.16. The molecule has 2 aromatic rings. The topological polar surface area (TPSA) is 61.4 Å². The number of hydrogen-bond acceptors (Lipinski definition) is 2. The summed E-state index contributed by atoms with van der Waals surface area (Å²) in [7, 11) is 0. The van der Waals surface area contributed by atoms with Gasteiger partial charge in [-0.15, -0.1) is 0 Å².